The summed E-state index contributed by atoms with van der Waals surface area (Å²) in [5.41, 5.74) is 3.82. The first kappa shape index (κ1) is 14.2. The Balaban J connectivity index is 4.14. The number of allylic oxidation sites excluding steroid dienone is 5. The lowest BCUT2D eigenvalue weighted by molar-refractivity contribution is 0.285. The topological polar surface area (TPSA) is 20.2 Å². The van der Waals surface area contributed by atoms with E-state index in [2.05, 4.69) is 39.5 Å². The predicted molar refractivity (Wildman–Crippen MR) is 67.9 cm³/mol. The van der Waals surface area contributed by atoms with Crippen LogP contribution in [0.2, 0.25) is 0 Å². The van der Waals surface area contributed by atoms with Crippen LogP contribution in [-0.2, 0) is 0 Å². The van der Waals surface area contributed by atoms with Gasteiger partial charge in [0.25, 0.3) is 0 Å². The molecule has 0 spiro atoms. The van der Waals surface area contributed by atoms with Crippen molar-refractivity contribution in [3.05, 3.63) is 35.5 Å². The van der Waals surface area contributed by atoms with E-state index in [-0.39, 0.29) is 0 Å². The van der Waals surface area contributed by atoms with Crippen LogP contribution >= 0.6 is 0 Å². The maximum absolute atomic E-state index is 8.67. The molecular weight excluding hydrogens is 184 g/mol. The molecule has 0 aliphatic carbocycles. The summed E-state index contributed by atoms with van der Waals surface area (Å²) in [7, 11) is 0. The Morgan fingerprint density at radius 2 is 1.80 bits per heavy atom. The zero-order valence-corrected chi connectivity index (χ0v) is 10.3. The number of unbranched alkanes of at least 4 members (excludes halogenated alkanes) is 2. The molecule has 0 aliphatic rings. The number of hydrogen-bond donors (Lipinski definition) is 1. The van der Waals surface area contributed by atoms with E-state index in [4.69, 9.17) is 5.11 Å². The van der Waals surface area contributed by atoms with E-state index in [0.717, 1.165) is 31.3 Å². The van der Waals surface area contributed by atoms with E-state index < -0.39 is 0 Å². The van der Waals surface area contributed by atoms with Gasteiger partial charge in [-0.05, 0) is 52.0 Å². The molecule has 0 heterocycles. The van der Waals surface area contributed by atoms with E-state index in [1.54, 1.807) is 0 Å². The molecule has 1 nitrogen and oxygen atoms in total. The number of hydrogen-bond acceptors (Lipinski definition) is 1. The first-order valence-electron chi connectivity index (χ1n) is 5.67. The molecule has 15 heavy (non-hydrogen) atoms. The molecule has 86 valence electrons. The van der Waals surface area contributed by atoms with Crippen LogP contribution in [0.25, 0.3) is 0 Å². The summed E-state index contributed by atoms with van der Waals surface area (Å²) in [5.74, 6) is 0. The molecule has 1 N–H and O–H groups in total. The second-order valence-corrected chi connectivity index (χ2v) is 4.21. The van der Waals surface area contributed by atoms with Crippen molar-refractivity contribution in [2.45, 2.75) is 46.5 Å². The summed E-state index contributed by atoms with van der Waals surface area (Å²) >= 11 is 0. The number of aliphatic hydroxyl groups excluding tert-OH is 1. The van der Waals surface area contributed by atoms with E-state index in [1.807, 2.05) is 0 Å². The van der Waals surface area contributed by atoms with Crippen molar-refractivity contribution in [1.29, 1.82) is 0 Å². The van der Waals surface area contributed by atoms with E-state index in [9.17, 15) is 0 Å². The van der Waals surface area contributed by atoms with Gasteiger partial charge in [0.1, 0.15) is 0 Å². The molecule has 0 aliphatic heterocycles. The second-order valence-electron chi connectivity index (χ2n) is 4.21. The predicted octanol–water partition coefficient (Wildman–Crippen LogP) is 4.01. The van der Waals surface area contributed by atoms with Crippen LogP contribution in [0.5, 0.6) is 0 Å². The van der Waals surface area contributed by atoms with Crippen molar-refractivity contribution in [2.24, 2.45) is 0 Å². The molecule has 0 rings (SSSR count). The first-order valence-corrected chi connectivity index (χ1v) is 5.67. The minimum atomic E-state index is 0.296. The van der Waals surface area contributed by atoms with Crippen LogP contribution in [0.3, 0.4) is 0 Å². The average Bonchev–Trinajstić information content (AvgIpc) is 2.15. The lowest BCUT2D eigenvalue weighted by atomic mass is 10.0. The molecule has 0 atom stereocenters. The molecule has 0 fully saturated rings. The lowest BCUT2D eigenvalue weighted by Crippen LogP contribution is -1.86. The fourth-order valence-corrected chi connectivity index (χ4v) is 1.28. The maximum atomic E-state index is 8.67. The van der Waals surface area contributed by atoms with Gasteiger partial charge in [-0.2, -0.15) is 0 Å². The smallest absolute Gasteiger partial charge is 0.0431 e. The summed E-state index contributed by atoms with van der Waals surface area (Å²) in [6.07, 6.45) is 8.45. The van der Waals surface area contributed by atoms with Gasteiger partial charge in [-0.3, -0.25) is 0 Å². The fourth-order valence-electron chi connectivity index (χ4n) is 1.28. The van der Waals surface area contributed by atoms with Crippen LogP contribution in [0.4, 0.5) is 0 Å². The number of aliphatic hydroxyl groups is 1. The van der Waals surface area contributed by atoms with Crippen molar-refractivity contribution < 1.29 is 5.11 Å². The summed E-state index contributed by atoms with van der Waals surface area (Å²) in [6.45, 7) is 10.6. The van der Waals surface area contributed by atoms with Gasteiger partial charge in [0.2, 0.25) is 0 Å². The molecule has 1 heteroatoms. The molecule has 0 amide bonds. The molecule has 0 radical (unpaired) electrons. The SMILES string of the molecule is C=C(C)C(=CCCCCO)CC=C(C)C. The monoisotopic (exact) mass is 208 g/mol. The Kier molecular flexibility index (Phi) is 8.02. The Morgan fingerprint density at radius 3 is 2.27 bits per heavy atom. The molecule has 0 unspecified atom stereocenters. The van der Waals surface area contributed by atoms with Crippen LogP contribution in [0.1, 0.15) is 46.5 Å². The highest BCUT2D eigenvalue weighted by molar-refractivity contribution is 5.28. The highest BCUT2D eigenvalue weighted by atomic mass is 16.2. The third-order valence-electron chi connectivity index (χ3n) is 2.28. The van der Waals surface area contributed by atoms with E-state index in [1.165, 1.54) is 11.1 Å². The normalized spacial score (nSPS) is 11.3. The van der Waals surface area contributed by atoms with Gasteiger partial charge in [-0.15, -0.1) is 0 Å². The average molecular weight is 208 g/mol. The fraction of sp³-hybridized carbons (Fsp3) is 0.571. The molecule has 0 aromatic heterocycles. The Morgan fingerprint density at radius 1 is 1.13 bits per heavy atom. The van der Waals surface area contributed by atoms with Gasteiger partial charge >= 0.3 is 0 Å². The highest BCUT2D eigenvalue weighted by Crippen LogP contribution is 2.15. The third-order valence-corrected chi connectivity index (χ3v) is 2.28. The van der Waals surface area contributed by atoms with Crippen LogP contribution < -0.4 is 0 Å². The maximum Gasteiger partial charge on any atom is 0.0431 e. The van der Waals surface area contributed by atoms with Crippen molar-refractivity contribution >= 4 is 0 Å². The summed E-state index contributed by atoms with van der Waals surface area (Å²) < 4.78 is 0. The van der Waals surface area contributed by atoms with Gasteiger partial charge < -0.3 is 5.11 Å². The van der Waals surface area contributed by atoms with E-state index in [0.29, 0.717) is 6.61 Å². The Labute approximate surface area is 94.2 Å². The Hall–Kier alpha value is -0.820. The molecule has 0 aromatic rings. The molecule has 0 aromatic carbocycles. The lowest BCUT2D eigenvalue weighted by Gasteiger charge is -2.04. The summed E-state index contributed by atoms with van der Waals surface area (Å²) in [6, 6.07) is 0. The zero-order valence-electron chi connectivity index (χ0n) is 10.3. The molecular formula is C14H24O. The van der Waals surface area contributed by atoms with Gasteiger partial charge in [-0.25, -0.2) is 0 Å². The van der Waals surface area contributed by atoms with Crippen LogP contribution in [0, 0.1) is 0 Å². The van der Waals surface area contributed by atoms with Gasteiger partial charge in [0, 0.05) is 6.61 Å². The zero-order chi connectivity index (χ0) is 11.7. The van der Waals surface area contributed by atoms with Crippen molar-refractivity contribution in [3.63, 3.8) is 0 Å². The minimum absolute atomic E-state index is 0.296. The standard InChI is InChI=1S/C14H24O/c1-12(2)9-10-14(13(3)4)8-6-5-7-11-15/h8-9,15H,3,5-7,10-11H2,1-2,4H3. The highest BCUT2D eigenvalue weighted by Gasteiger charge is 1.95. The van der Waals surface area contributed by atoms with Gasteiger partial charge in [0.15, 0.2) is 0 Å². The first-order chi connectivity index (χ1) is 7.07. The largest absolute Gasteiger partial charge is 0.396 e. The van der Waals surface area contributed by atoms with Crippen molar-refractivity contribution in [1.82, 2.24) is 0 Å². The summed E-state index contributed by atoms with van der Waals surface area (Å²) in [5, 5.41) is 8.67. The second kappa shape index (κ2) is 8.49. The molecule has 0 saturated heterocycles. The van der Waals surface area contributed by atoms with Crippen LogP contribution in [0.15, 0.2) is 35.5 Å². The summed E-state index contributed by atoms with van der Waals surface area (Å²) in [4.78, 5) is 0. The van der Waals surface area contributed by atoms with Crippen LogP contribution in [-0.4, -0.2) is 11.7 Å². The van der Waals surface area contributed by atoms with Gasteiger partial charge in [-0.1, -0.05) is 29.9 Å². The minimum Gasteiger partial charge on any atom is -0.396 e. The molecule has 0 saturated carbocycles. The van der Waals surface area contributed by atoms with Crippen molar-refractivity contribution in [3.8, 4) is 0 Å². The Bertz CT molecular complexity index is 242. The van der Waals surface area contributed by atoms with Crippen molar-refractivity contribution in [2.75, 3.05) is 6.61 Å². The third kappa shape index (κ3) is 8.19. The van der Waals surface area contributed by atoms with E-state index >= 15 is 0 Å². The number of rotatable bonds is 7. The van der Waals surface area contributed by atoms with Gasteiger partial charge in [0.05, 0.1) is 0 Å². The quantitative estimate of drug-likeness (QED) is 0.381. The molecule has 0 bridgehead atoms.